The molecule has 1 aromatic heterocycles. The maximum atomic E-state index is 12.3. The van der Waals surface area contributed by atoms with Gasteiger partial charge >= 0.3 is 0 Å². The Morgan fingerprint density at radius 2 is 2.10 bits per heavy atom. The van der Waals surface area contributed by atoms with Crippen molar-refractivity contribution in [3.05, 3.63) is 24.4 Å². The molecule has 6 heteroatoms. The number of hydrogen-bond acceptors (Lipinski definition) is 5. The van der Waals surface area contributed by atoms with Crippen LogP contribution >= 0.6 is 0 Å². The molecule has 20 heavy (non-hydrogen) atoms. The molecular weight excluding hydrogens is 256 g/mol. The molecule has 2 N–H and O–H groups in total. The fourth-order valence-electron chi connectivity index (χ4n) is 2.82. The number of anilines is 1. The summed E-state index contributed by atoms with van der Waals surface area (Å²) < 4.78 is 0. The predicted molar refractivity (Wildman–Crippen MR) is 75.4 cm³/mol. The normalized spacial score (nSPS) is 26.9. The molecular formula is C14H20N4O2. The lowest BCUT2D eigenvalue weighted by molar-refractivity contribution is -0.133. The highest BCUT2D eigenvalue weighted by Crippen LogP contribution is 2.15. The van der Waals surface area contributed by atoms with Crippen LogP contribution in [0.3, 0.4) is 0 Å². The lowest BCUT2D eigenvalue weighted by Crippen LogP contribution is -2.53. The number of carbonyl (C=O) groups excluding carboxylic acids is 1. The summed E-state index contributed by atoms with van der Waals surface area (Å²) in [5.41, 5.74) is 0. The van der Waals surface area contributed by atoms with Crippen LogP contribution in [0, 0.1) is 0 Å². The van der Waals surface area contributed by atoms with E-state index in [2.05, 4.69) is 15.2 Å². The molecule has 2 fully saturated rings. The van der Waals surface area contributed by atoms with Crippen molar-refractivity contribution in [3.63, 3.8) is 0 Å². The quantitative estimate of drug-likeness (QED) is 0.759. The molecule has 0 radical (unpaired) electrons. The van der Waals surface area contributed by atoms with Crippen LogP contribution in [0.5, 0.6) is 0 Å². The third kappa shape index (κ3) is 2.76. The lowest BCUT2D eigenvalue weighted by Gasteiger charge is -2.36. The Bertz CT molecular complexity index is 460. The number of pyridine rings is 1. The molecule has 2 aliphatic rings. The third-order valence-electron chi connectivity index (χ3n) is 3.97. The van der Waals surface area contributed by atoms with E-state index in [9.17, 15) is 9.90 Å². The summed E-state index contributed by atoms with van der Waals surface area (Å²) in [7, 11) is 0. The summed E-state index contributed by atoms with van der Waals surface area (Å²) in [6.45, 7) is 3.55. The molecule has 3 rings (SSSR count). The number of piperazine rings is 1. The number of amides is 1. The van der Waals surface area contributed by atoms with Gasteiger partial charge in [0.1, 0.15) is 5.82 Å². The number of aliphatic hydroxyl groups is 1. The number of nitrogens with zero attached hydrogens (tertiary/aromatic N) is 3. The molecule has 0 aromatic carbocycles. The molecule has 108 valence electrons. The van der Waals surface area contributed by atoms with Crippen molar-refractivity contribution >= 4 is 11.7 Å². The summed E-state index contributed by atoms with van der Waals surface area (Å²) >= 11 is 0. The standard InChI is InChI=1S/C14H20N4O2/c19-11-9-12(16-10-11)14(20)18-7-5-17(6-8-18)13-3-1-2-4-15-13/h1-4,11-12,16,19H,5-10H2. The number of aliphatic hydroxyl groups excluding tert-OH is 1. The molecule has 1 amide bonds. The van der Waals surface area contributed by atoms with E-state index in [0.717, 1.165) is 18.9 Å². The van der Waals surface area contributed by atoms with Crippen molar-refractivity contribution in [1.82, 2.24) is 15.2 Å². The Kier molecular flexibility index (Phi) is 3.84. The Balaban J connectivity index is 1.55. The zero-order chi connectivity index (χ0) is 13.9. The SMILES string of the molecule is O=C(C1CC(O)CN1)N1CCN(c2ccccn2)CC1. The third-order valence-corrected chi connectivity index (χ3v) is 3.97. The van der Waals surface area contributed by atoms with Crippen LogP contribution in [0.4, 0.5) is 5.82 Å². The van der Waals surface area contributed by atoms with Crippen molar-refractivity contribution in [2.75, 3.05) is 37.6 Å². The highest BCUT2D eigenvalue weighted by molar-refractivity contribution is 5.82. The minimum Gasteiger partial charge on any atom is -0.392 e. The van der Waals surface area contributed by atoms with E-state index in [1.807, 2.05) is 23.1 Å². The molecule has 0 aliphatic carbocycles. The molecule has 1 aromatic rings. The van der Waals surface area contributed by atoms with E-state index in [1.165, 1.54) is 0 Å². The van der Waals surface area contributed by atoms with Gasteiger partial charge in [-0.2, -0.15) is 0 Å². The van der Waals surface area contributed by atoms with Gasteiger partial charge in [-0.25, -0.2) is 4.98 Å². The first-order chi connectivity index (χ1) is 9.74. The number of rotatable bonds is 2. The Morgan fingerprint density at radius 1 is 1.30 bits per heavy atom. The van der Waals surface area contributed by atoms with E-state index in [1.54, 1.807) is 6.20 Å². The molecule has 0 bridgehead atoms. The smallest absolute Gasteiger partial charge is 0.239 e. The van der Waals surface area contributed by atoms with Crippen molar-refractivity contribution in [2.45, 2.75) is 18.6 Å². The molecule has 0 spiro atoms. The van der Waals surface area contributed by atoms with Gasteiger partial charge in [-0.15, -0.1) is 0 Å². The first-order valence-corrected chi connectivity index (χ1v) is 7.10. The van der Waals surface area contributed by atoms with E-state index < -0.39 is 6.10 Å². The number of nitrogens with one attached hydrogen (secondary N) is 1. The van der Waals surface area contributed by atoms with Crippen LogP contribution in [-0.4, -0.2) is 65.8 Å². The Morgan fingerprint density at radius 3 is 2.70 bits per heavy atom. The van der Waals surface area contributed by atoms with Crippen LogP contribution in [-0.2, 0) is 4.79 Å². The Labute approximate surface area is 118 Å². The fraction of sp³-hybridized carbons (Fsp3) is 0.571. The van der Waals surface area contributed by atoms with Gasteiger partial charge in [0.25, 0.3) is 0 Å². The van der Waals surface area contributed by atoms with Crippen LogP contribution in [0.2, 0.25) is 0 Å². The minimum absolute atomic E-state index is 0.113. The van der Waals surface area contributed by atoms with Gasteiger partial charge in [-0.3, -0.25) is 4.79 Å². The lowest BCUT2D eigenvalue weighted by atomic mass is 10.1. The number of aromatic nitrogens is 1. The molecule has 2 atom stereocenters. The summed E-state index contributed by atoms with van der Waals surface area (Å²) in [5.74, 6) is 1.08. The molecule has 2 saturated heterocycles. The summed E-state index contributed by atoms with van der Waals surface area (Å²) in [6, 6.07) is 5.66. The maximum Gasteiger partial charge on any atom is 0.239 e. The predicted octanol–water partition coefficient (Wildman–Crippen LogP) is -0.547. The second kappa shape index (κ2) is 5.76. The van der Waals surface area contributed by atoms with Crippen LogP contribution in [0.15, 0.2) is 24.4 Å². The van der Waals surface area contributed by atoms with Crippen molar-refractivity contribution in [2.24, 2.45) is 0 Å². The maximum absolute atomic E-state index is 12.3. The first-order valence-electron chi connectivity index (χ1n) is 7.10. The van der Waals surface area contributed by atoms with Crippen LogP contribution in [0.25, 0.3) is 0 Å². The van der Waals surface area contributed by atoms with Gasteiger partial charge in [-0.05, 0) is 18.6 Å². The first kappa shape index (κ1) is 13.3. The topological polar surface area (TPSA) is 68.7 Å². The van der Waals surface area contributed by atoms with E-state index >= 15 is 0 Å². The van der Waals surface area contributed by atoms with Gasteiger partial charge in [0.15, 0.2) is 0 Å². The average Bonchev–Trinajstić information content (AvgIpc) is 2.94. The van der Waals surface area contributed by atoms with Crippen molar-refractivity contribution < 1.29 is 9.90 Å². The van der Waals surface area contributed by atoms with Crippen LogP contribution in [0.1, 0.15) is 6.42 Å². The zero-order valence-electron chi connectivity index (χ0n) is 11.4. The summed E-state index contributed by atoms with van der Waals surface area (Å²) in [6.07, 6.45) is 1.93. The summed E-state index contributed by atoms with van der Waals surface area (Å²) in [4.78, 5) is 20.7. The second-order valence-corrected chi connectivity index (χ2v) is 5.35. The van der Waals surface area contributed by atoms with Crippen molar-refractivity contribution in [1.29, 1.82) is 0 Å². The highest BCUT2D eigenvalue weighted by Gasteiger charge is 2.32. The minimum atomic E-state index is -0.390. The van der Waals surface area contributed by atoms with E-state index in [0.29, 0.717) is 26.1 Å². The molecule has 2 unspecified atom stereocenters. The fourth-order valence-corrected chi connectivity index (χ4v) is 2.82. The van der Waals surface area contributed by atoms with Gasteiger partial charge in [0, 0.05) is 38.9 Å². The van der Waals surface area contributed by atoms with Crippen LogP contribution < -0.4 is 10.2 Å². The summed E-state index contributed by atoms with van der Waals surface area (Å²) in [5, 5.41) is 12.6. The van der Waals surface area contributed by atoms with Gasteiger partial charge in [0.2, 0.25) is 5.91 Å². The van der Waals surface area contributed by atoms with Gasteiger partial charge in [-0.1, -0.05) is 6.07 Å². The van der Waals surface area contributed by atoms with Crippen molar-refractivity contribution in [3.8, 4) is 0 Å². The number of β-amino-alcohol motifs (C(OH)–C–C–N with tert-alkyl or cyclic N) is 1. The monoisotopic (exact) mass is 276 g/mol. The molecule has 2 aliphatic heterocycles. The number of hydrogen-bond donors (Lipinski definition) is 2. The molecule has 6 nitrogen and oxygen atoms in total. The Hall–Kier alpha value is -1.66. The highest BCUT2D eigenvalue weighted by atomic mass is 16.3. The number of carbonyl (C=O) groups is 1. The van der Waals surface area contributed by atoms with Gasteiger partial charge in [0.05, 0.1) is 12.1 Å². The average molecular weight is 276 g/mol. The largest absolute Gasteiger partial charge is 0.392 e. The second-order valence-electron chi connectivity index (χ2n) is 5.35. The van der Waals surface area contributed by atoms with Gasteiger partial charge < -0.3 is 20.2 Å². The molecule has 0 saturated carbocycles. The van der Waals surface area contributed by atoms with E-state index in [4.69, 9.17) is 0 Å². The molecule has 3 heterocycles. The van der Waals surface area contributed by atoms with E-state index in [-0.39, 0.29) is 11.9 Å². The zero-order valence-corrected chi connectivity index (χ0v) is 11.4.